The molecule has 4 rings (SSSR count). The fourth-order valence-electron chi connectivity index (χ4n) is 4.19. The van der Waals surface area contributed by atoms with Crippen molar-refractivity contribution >= 4 is 22.6 Å². The van der Waals surface area contributed by atoms with Crippen LogP contribution in [0.15, 0.2) is 48.7 Å². The van der Waals surface area contributed by atoms with E-state index in [-0.39, 0.29) is 0 Å². The molecule has 1 atom stereocenters. The zero-order valence-corrected chi connectivity index (χ0v) is 15.8. The molecule has 2 aromatic carbocycles. The molecular formula is C22H25N3O2. The number of hydrogen-bond donors (Lipinski definition) is 2. The van der Waals surface area contributed by atoms with E-state index in [0.29, 0.717) is 0 Å². The highest BCUT2D eigenvalue weighted by Crippen LogP contribution is 2.30. The van der Waals surface area contributed by atoms with Gasteiger partial charge in [-0.15, -0.1) is 0 Å². The third-order valence-corrected chi connectivity index (χ3v) is 5.52. The zero-order chi connectivity index (χ0) is 19.0. The average molecular weight is 363 g/mol. The van der Waals surface area contributed by atoms with Crippen LogP contribution >= 0.6 is 0 Å². The van der Waals surface area contributed by atoms with Crippen molar-refractivity contribution in [2.24, 2.45) is 0 Å². The van der Waals surface area contributed by atoms with E-state index in [4.69, 9.17) is 0 Å². The highest BCUT2D eigenvalue weighted by Gasteiger charge is 2.32. The standard InChI is InChI=1S/C22H25N3O2/c1-15-7-8-20(16(2)13-15)24-9-11-25(12-10-24)21(22(26)27)18-14-23-19-6-4-3-5-17(18)19/h3-8,13-14,21,23H,9-12H2,1-2H3,(H,26,27)/t21-/m0/s1. The number of hydrogen-bond acceptors (Lipinski definition) is 3. The van der Waals surface area contributed by atoms with Crippen molar-refractivity contribution in [3.05, 3.63) is 65.4 Å². The number of para-hydroxylation sites is 1. The summed E-state index contributed by atoms with van der Waals surface area (Å²) in [4.78, 5) is 19.8. The minimum Gasteiger partial charge on any atom is -0.480 e. The second-order valence-corrected chi connectivity index (χ2v) is 7.34. The summed E-state index contributed by atoms with van der Waals surface area (Å²) in [6.45, 7) is 7.35. The van der Waals surface area contributed by atoms with Gasteiger partial charge in [-0.05, 0) is 31.5 Å². The first-order valence-electron chi connectivity index (χ1n) is 9.39. The number of nitrogens with zero attached hydrogens (tertiary/aromatic N) is 2. The van der Waals surface area contributed by atoms with E-state index < -0.39 is 12.0 Å². The predicted octanol–water partition coefficient (Wildman–Crippen LogP) is 3.73. The van der Waals surface area contributed by atoms with Crippen LogP contribution in [-0.4, -0.2) is 47.1 Å². The molecule has 1 saturated heterocycles. The first-order valence-corrected chi connectivity index (χ1v) is 9.39. The zero-order valence-electron chi connectivity index (χ0n) is 15.8. The molecule has 27 heavy (non-hydrogen) atoms. The summed E-state index contributed by atoms with van der Waals surface area (Å²) in [5, 5.41) is 10.9. The van der Waals surface area contributed by atoms with Crippen molar-refractivity contribution in [3.8, 4) is 0 Å². The van der Waals surface area contributed by atoms with Crippen LogP contribution in [0.3, 0.4) is 0 Å². The molecule has 3 aromatic rings. The number of aryl methyl sites for hydroxylation is 2. The maximum absolute atomic E-state index is 12.1. The summed E-state index contributed by atoms with van der Waals surface area (Å²) in [6, 6.07) is 13.8. The van der Waals surface area contributed by atoms with Gasteiger partial charge < -0.3 is 15.0 Å². The van der Waals surface area contributed by atoms with Crippen molar-refractivity contribution in [1.29, 1.82) is 0 Å². The predicted molar refractivity (Wildman–Crippen MR) is 108 cm³/mol. The Morgan fingerprint density at radius 2 is 1.81 bits per heavy atom. The van der Waals surface area contributed by atoms with Crippen LogP contribution < -0.4 is 4.90 Å². The highest BCUT2D eigenvalue weighted by atomic mass is 16.4. The Morgan fingerprint density at radius 3 is 2.52 bits per heavy atom. The summed E-state index contributed by atoms with van der Waals surface area (Å²) in [5.41, 5.74) is 5.61. The Kier molecular flexibility index (Phi) is 4.62. The fourth-order valence-corrected chi connectivity index (χ4v) is 4.19. The van der Waals surface area contributed by atoms with E-state index in [1.54, 1.807) is 0 Å². The molecule has 0 saturated carbocycles. The summed E-state index contributed by atoms with van der Waals surface area (Å²) in [6.07, 6.45) is 1.85. The number of H-pyrrole nitrogens is 1. The lowest BCUT2D eigenvalue weighted by Gasteiger charge is -2.39. The summed E-state index contributed by atoms with van der Waals surface area (Å²) in [7, 11) is 0. The summed E-state index contributed by atoms with van der Waals surface area (Å²) < 4.78 is 0. The summed E-state index contributed by atoms with van der Waals surface area (Å²) in [5.74, 6) is -0.792. The molecule has 0 bridgehead atoms. The molecule has 1 aromatic heterocycles. The van der Waals surface area contributed by atoms with Crippen molar-refractivity contribution in [1.82, 2.24) is 9.88 Å². The second kappa shape index (κ2) is 7.08. The Balaban J connectivity index is 1.55. The number of piperazine rings is 1. The van der Waals surface area contributed by atoms with Gasteiger partial charge in [0, 0.05) is 54.5 Å². The number of rotatable bonds is 4. The van der Waals surface area contributed by atoms with Crippen LogP contribution in [0.5, 0.6) is 0 Å². The molecular weight excluding hydrogens is 338 g/mol. The molecule has 140 valence electrons. The van der Waals surface area contributed by atoms with Gasteiger partial charge in [-0.25, -0.2) is 0 Å². The van der Waals surface area contributed by atoms with Crippen LogP contribution in [0.1, 0.15) is 22.7 Å². The Labute approximate surface area is 159 Å². The second-order valence-electron chi connectivity index (χ2n) is 7.34. The molecule has 1 aliphatic heterocycles. The minimum absolute atomic E-state index is 0.623. The van der Waals surface area contributed by atoms with Crippen molar-refractivity contribution in [3.63, 3.8) is 0 Å². The van der Waals surface area contributed by atoms with Gasteiger partial charge >= 0.3 is 5.97 Å². The molecule has 1 fully saturated rings. The lowest BCUT2D eigenvalue weighted by atomic mass is 10.0. The van der Waals surface area contributed by atoms with Gasteiger partial charge in [0.1, 0.15) is 6.04 Å². The van der Waals surface area contributed by atoms with Crippen LogP contribution in [0.25, 0.3) is 10.9 Å². The molecule has 0 radical (unpaired) electrons. The van der Waals surface area contributed by atoms with Gasteiger partial charge in [-0.1, -0.05) is 35.9 Å². The topological polar surface area (TPSA) is 59.6 Å². The maximum Gasteiger partial charge on any atom is 0.325 e. The van der Waals surface area contributed by atoms with Gasteiger partial charge in [0.25, 0.3) is 0 Å². The Bertz CT molecular complexity index is 971. The molecule has 0 amide bonds. The number of fused-ring (bicyclic) bond motifs is 1. The smallest absolute Gasteiger partial charge is 0.325 e. The van der Waals surface area contributed by atoms with E-state index in [2.05, 4.69) is 46.8 Å². The number of anilines is 1. The van der Waals surface area contributed by atoms with Gasteiger partial charge in [-0.3, -0.25) is 9.69 Å². The van der Waals surface area contributed by atoms with Gasteiger partial charge in [-0.2, -0.15) is 0 Å². The van der Waals surface area contributed by atoms with E-state index in [1.807, 2.05) is 30.5 Å². The molecule has 5 nitrogen and oxygen atoms in total. The molecule has 0 aliphatic carbocycles. The molecule has 2 N–H and O–H groups in total. The molecule has 1 aliphatic rings. The maximum atomic E-state index is 12.1. The number of carboxylic acids is 1. The lowest BCUT2D eigenvalue weighted by molar-refractivity contribution is -0.143. The molecule has 5 heteroatoms. The minimum atomic E-state index is -0.792. The molecule has 2 heterocycles. The van der Waals surface area contributed by atoms with Crippen LogP contribution in [0.2, 0.25) is 0 Å². The monoisotopic (exact) mass is 363 g/mol. The normalized spacial score (nSPS) is 16.6. The van der Waals surface area contributed by atoms with E-state index in [0.717, 1.165) is 42.6 Å². The van der Waals surface area contributed by atoms with Crippen molar-refractivity contribution in [2.45, 2.75) is 19.9 Å². The third kappa shape index (κ3) is 3.30. The number of benzene rings is 2. The number of aromatic amines is 1. The summed E-state index contributed by atoms with van der Waals surface area (Å²) >= 11 is 0. The quantitative estimate of drug-likeness (QED) is 0.741. The third-order valence-electron chi connectivity index (χ3n) is 5.52. The van der Waals surface area contributed by atoms with Crippen molar-refractivity contribution in [2.75, 3.05) is 31.1 Å². The molecule has 0 spiro atoms. The Hall–Kier alpha value is -2.79. The SMILES string of the molecule is Cc1ccc(N2CCN([C@H](C(=O)O)c3c[nH]c4ccccc34)CC2)c(C)c1. The fraction of sp³-hybridized carbons (Fsp3) is 0.318. The average Bonchev–Trinajstić information content (AvgIpc) is 3.06. The number of aliphatic carboxylic acids is 1. The number of nitrogens with one attached hydrogen (secondary N) is 1. The van der Waals surface area contributed by atoms with Gasteiger partial charge in [0.2, 0.25) is 0 Å². The van der Waals surface area contributed by atoms with Crippen LogP contribution in [0, 0.1) is 13.8 Å². The van der Waals surface area contributed by atoms with E-state index in [9.17, 15) is 9.90 Å². The van der Waals surface area contributed by atoms with Gasteiger partial charge in [0.05, 0.1) is 0 Å². The molecule has 0 unspecified atom stereocenters. The van der Waals surface area contributed by atoms with E-state index in [1.165, 1.54) is 16.8 Å². The van der Waals surface area contributed by atoms with E-state index >= 15 is 0 Å². The number of carbonyl (C=O) groups is 1. The Morgan fingerprint density at radius 1 is 1.07 bits per heavy atom. The van der Waals surface area contributed by atoms with Crippen LogP contribution in [0.4, 0.5) is 5.69 Å². The van der Waals surface area contributed by atoms with Crippen LogP contribution in [-0.2, 0) is 4.79 Å². The van der Waals surface area contributed by atoms with Crippen molar-refractivity contribution < 1.29 is 9.90 Å². The highest BCUT2D eigenvalue weighted by molar-refractivity contribution is 5.89. The largest absolute Gasteiger partial charge is 0.480 e. The number of carboxylic acid groups (broad SMARTS) is 1. The first kappa shape index (κ1) is 17.6. The lowest BCUT2D eigenvalue weighted by Crippen LogP contribution is -2.49. The first-order chi connectivity index (χ1) is 13.0. The number of aromatic nitrogens is 1. The van der Waals surface area contributed by atoms with Gasteiger partial charge in [0.15, 0.2) is 0 Å².